The van der Waals surface area contributed by atoms with Gasteiger partial charge >= 0.3 is 6.18 Å². The van der Waals surface area contributed by atoms with Crippen molar-refractivity contribution in [3.05, 3.63) is 46.9 Å². The summed E-state index contributed by atoms with van der Waals surface area (Å²) in [4.78, 5) is 0.976. The summed E-state index contributed by atoms with van der Waals surface area (Å²) in [5.41, 5.74) is 0.585. The molecule has 4 rings (SSSR count). The van der Waals surface area contributed by atoms with Crippen LogP contribution < -0.4 is 4.74 Å². The standard InChI is InChI=1S/C26H31F3OS/c1-3-5-17-6-8-18(9-7-17)19-10-12-20(13-11-19)23-16-21-14-15-22(30-4-2)24(25(21)31-23)26(27,28)29/h3,5,12,14-19H,4,6-11,13H2,1-2H3/b5-3+. The number of rotatable bonds is 5. The molecule has 2 aromatic rings. The van der Waals surface area contributed by atoms with Gasteiger partial charge in [0.05, 0.1) is 11.3 Å². The van der Waals surface area contributed by atoms with E-state index in [2.05, 4.69) is 25.2 Å². The van der Waals surface area contributed by atoms with Crippen LogP contribution in [0.25, 0.3) is 15.7 Å². The third kappa shape index (κ3) is 4.87. The maximum Gasteiger partial charge on any atom is 0.421 e. The molecule has 1 aromatic carbocycles. The Hall–Kier alpha value is -1.75. The predicted molar refractivity (Wildman–Crippen MR) is 124 cm³/mol. The second-order valence-corrected chi connectivity index (χ2v) is 9.92. The Morgan fingerprint density at radius 3 is 2.48 bits per heavy atom. The lowest BCUT2D eigenvalue weighted by Gasteiger charge is -2.34. The third-order valence-corrected chi connectivity index (χ3v) is 8.19. The summed E-state index contributed by atoms with van der Waals surface area (Å²) >= 11 is 1.26. The van der Waals surface area contributed by atoms with E-state index in [-0.39, 0.29) is 12.4 Å². The lowest BCUT2D eigenvalue weighted by atomic mass is 9.71. The van der Waals surface area contributed by atoms with Gasteiger partial charge in [-0.15, -0.1) is 11.3 Å². The Kier molecular flexibility index (Phi) is 6.80. The monoisotopic (exact) mass is 448 g/mol. The van der Waals surface area contributed by atoms with Crippen molar-refractivity contribution in [2.75, 3.05) is 6.61 Å². The van der Waals surface area contributed by atoms with Gasteiger partial charge < -0.3 is 4.74 Å². The molecule has 1 fully saturated rings. The first-order valence-electron chi connectivity index (χ1n) is 11.5. The molecule has 5 heteroatoms. The number of hydrogen-bond donors (Lipinski definition) is 0. The van der Waals surface area contributed by atoms with Crippen molar-refractivity contribution in [3.8, 4) is 5.75 Å². The molecule has 1 nitrogen and oxygen atoms in total. The minimum absolute atomic E-state index is 0.0675. The molecule has 0 saturated heterocycles. The van der Waals surface area contributed by atoms with Gasteiger partial charge in [-0.1, -0.05) is 18.2 Å². The zero-order chi connectivity index (χ0) is 22.0. The van der Waals surface area contributed by atoms with Gasteiger partial charge in [0.15, 0.2) is 0 Å². The van der Waals surface area contributed by atoms with Crippen LogP contribution in [0.1, 0.15) is 69.2 Å². The van der Waals surface area contributed by atoms with Gasteiger partial charge in [-0.2, -0.15) is 13.2 Å². The number of allylic oxidation sites excluding steroid dienone is 4. The minimum Gasteiger partial charge on any atom is -0.493 e. The summed E-state index contributed by atoms with van der Waals surface area (Å²) in [7, 11) is 0. The van der Waals surface area contributed by atoms with E-state index in [1.54, 1.807) is 13.0 Å². The molecule has 0 spiro atoms. The zero-order valence-corrected chi connectivity index (χ0v) is 19.1. The maximum atomic E-state index is 13.8. The van der Waals surface area contributed by atoms with Gasteiger partial charge in [-0.05, 0) is 106 Å². The summed E-state index contributed by atoms with van der Waals surface area (Å²) < 4.78 is 47.0. The highest BCUT2D eigenvalue weighted by atomic mass is 32.1. The van der Waals surface area contributed by atoms with Crippen LogP contribution in [0.5, 0.6) is 5.75 Å². The first-order valence-corrected chi connectivity index (χ1v) is 12.3. The molecule has 0 amide bonds. The van der Waals surface area contributed by atoms with Gasteiger partial charge in [-0.25, -0.2) is 0 Å². The highest BCUT2D eigenvalue weighted by Crippen LogP contribution is 2.47. The van der Waals surface area contributed by atoms with E-state index in [4.69, 9.17) is 4.74 Å². The fraction of sp³-hybridized carbons (Fsp3) is 0.538. The van der Waals surface area contributed by atoms with Gasteiger partial charge in [0.2, 0.25) is 0 Å². The van der Waals surface area contributed by atoms with Crippen LogP contribution >= 0.6 is 11.3 Å². The fourth-order valence-corrected chi connectivity index (χ4v) is 6.66. The molecule has 0 radical (unpaired) electrons. The quantitative estimate of drug-likeness (QED) is 0.415. The van der Waals surface area contributed by atoms with Crippen molar-refractivity contribution < 1.29 is 17.9 Å². The Labute approximate surface area is 187 Å². The van der Waals surface area contributed by atoms with Crippen molar-refractivity contribution >= 4 is 27.0 Å². The Bertz CT molecular complexity index is 961. The third-order valence-electron chi connectivity index (χ3n) is 6.95. The van der Waals surface area contributed by atoms with Crippen molar-refractivity contribution in [2.45, 2.75) is 65.0 Å². The van der Waals surface area contributed by atoms with Crippen LogP contribution in [-0.2, 0) is 6.18 Å². The number of alkyl halides is 3. The molecule has 2 aliphatic carbocycles. The van der Waals surface area contributed by atoms with Crippen LogP contribution in [-0.4, -0.2) is 6.61 Å². The van der Waals surface area contributed by atoms with Crippen molar-refractivity contribution in [2.24, 2.45) is 17.8 Å². The summed E-state index contributed by atoms with van der Waals surface area (Å²) in [5, 5.41) is 0.654. The Morgan fingerprint density at radius 2 is 1.87 bits per heavy atom. The first-order chi connectivity index (χ1) is 14.9. The SMILES string of the molecule is C/C=C/C1CCC(C2CC=C(c3cc4ccc(OCC)c(C(F)(F)F)c4s3)CC2)CC1. The zero-order valence-electron chi connectivity index (χ0n) is 18.3. The summed E-state index contributed by atoms with van der Waals surface area (Å²) in [6.45, 7) is 4.03. The molecule has 1 aromatic heterocycles. The molecule has 2 aliphatic rings. The van der Waals surface area contributed by atoms with E-state index in [1.165, 1.54) is 48.7 Å². The number of thiophene rings is 1. The fourth-order valence-electron chi connectivity index (χ4n) is 5.37. The molecule has 1 unspecified atom stereocenters. The highest BCUT2D eigenvalue weighted by Gasteiger charge is 2.37. The topological polar surface area (TPSA) is 9.23 Å². The number of fused-ring (bicyclic) bond motifs is 1. The number of benzene rings is 1. The minimum atomic E-state index is -4.43. The second kappa shape index (κ2) is 9.40. The second-order valence-electron chi connectivity index (χ2n) is 8.86. The summed E-state index contributed by atoms with van der Waals surface area (Å²) in [6, 6.07) is 5.14. The average Bonchev–Trinajstić information content (AvgIpc) is 3.18. The van der Waals surface area contributed by atoms with E-state index in [0.717, 1.165) is 41.9 Å². The number of halogens is 3. The largest absolute Gasteiger partial charge is 0.493 e. The molecule has 1 saturated carbocycles. The lowest BCUT2D eigenvalue weighted by Crippen LogP contribution is -2.22. The van der Waals surface area contributed by atoms with E-state index in [1.807, 2.05) is 6.07 Å². The molecule has 0 aliphatic heterocycles. The van der Waals surface area contributed by atoms with E-state index in [0.29, 0.717) is 10.1 Å². The van der Waals surface area contributed by atoms with Gasteiger partial charge in [0, 0.05) is 4.88 Å². The van der Waals surface area contributed by atoms with Crippen LogP contribution in [0.3, 0.4) is 0 Å². The molecular weight excluding hydrogens is 417 g/mol. The van der Waals surface area contributed by atoms with Crippen molar-refractivity contribution in [1.82, 2.24) is 0 Å². The number of hydrogen-bond acceptors (Lipinski definition) is 2. The summed E-state index contributed by atoms with van der Waals surface area (Å²) in [6.07, 6.45) is 10.8. The highest BCUT2D eigenvalue weighted by molar-refractivity contribution is 7.20. The average molecular weight is 449 g/mol. The molecule has 168 valence electrons. The lowest BCUT2D eigenvalue weighted by molar-refractivity contribution is -0.137. The first kappa shape index (κ1) is 22.4. The van der Waals surface area contributed by atoms with Crippen molar-refractivity contribution in [3.63, 3.8) is 0 Å². The molecule has 0 bridgehead atoms. The molecular formula is C26H31F3OS. The normalized spacial score (nSPS) is 25.2. The van der Waals surface area contributed by atoms with Gasteiger partial charge in [0.1, 0.15) is 11.3 Å². The number of ether oxygens (including phenoxy) is 1. The molecule has 1 atom stereocenters. The summed E-state index contributed by atoms with van der Waals surface area (Å²) in [5.74, 6) is 2.20. The van der Waals surface area contributed by atoms with E-state index >= 15 is 0 Å². The smallest absolute Gasteiger partial charge is 0.421 e. The van der Waals surface area contributed by atoms with Crippen LogP contribution in [0.15, 0.2) is 36.4 Å². The maximum absolute atomic E-state index is 13.8. The van der Waals surface area contributed by atoms with Crippen molar-refractivity contribution in [1.29, 1.82) is 0 Å². The van der Waals surface area contributed by atoms with Crippen LogP contribution in [0.4, 0.5) is 13.2 Å². The van der Waals surface area contributed by atoms with E-state index in [9.17, 15) is 13.2 Å². The van der Waals surface area contributed by atoms with Gasteiger partial charge in [0.25, 0.3) is 0 Å². The van der Waals surface area contributed by atoms with Crippen LogP contribution in [0.2, 0.25) is 0 Å². The molecule has 31 heavy (non-hydrogen) atoms. The Morgan fingerprint density at radius 1 is 1.10 bits per heavy atom. The van der Waals surface area contributed by atoms with Crippen LogP contribution in [0, 0.1) is 17.8 Å². The predicted octanol–water partition coefficient (Wildman–Crippen LogP) is 8.88. The van der Waals surface area contributed by atoms with Gasteiger partial charge in [-0.3, -0.25) is 0 Å². The van der Waals surface area contributed by atoms with E-state index < -0.39 is 11.7 Å². The molecule has 0 N–H and O–H groups in total. The Balaban J connectivity index is 1.52. The molecule has 1 heterocycles.